The highest BCUT2D eigenvalue weighted by Gasteiger charge is 2.15. The van der Waals surface area contributed by atoms with E-state index < -0.39 is 5.97 Å². The summed E-state index contributed by atoms with van der Waals surface area (Å²) in [5.41, 5.74) is 1.76. The predicted octanol–water partition coefficient (Wildman–Crippen LogP) is 3.32. The van der Waals surface area contributed by atoms with Crippen LogP contribution in [0.2, 0.25) is 0 Å². The van der Waals surface area contributed by atoms with Crippen molar-refractivity contribution in [3.63, 3.8) is 0 Å². The third kappa shape index (κ3) is 4.97. The number of methoxy groups -OCH3 is 1. The van der Waals surface area contributed by atoms with Crippen LogP contribution < -0.4 is 10.1 Å². The summed E-state index contributed by atoms with van der Waals surface area (Å²) in [7, 11) is 2.97. The highest BCUT2D eigenvalue weighted by Crippen LogP contribution is 2.17. The Morgan fingerprint density at radius 2 is 1.76 bits per heavy atom. The number of nitrogens with one attached hydrogen (secondary N) is 1. The van der Waals surface area contributed by atoms with E-state index >= 15 is 0 Å². The summed E-state index contributed by atoms with van der Waals surface area (Å²) < 4.78 is 10.4. The first-order chi connectivity index (χ1) is 12.0. The van der Waals surface area contributed by atoms with Gasteiger partial charge < -0.3 is 19.7 Å². The molecule has 0 bridgehead atoms. The largest absolute Gasteiger partial charge is 0.491 e. The molecule has 0 aliphatic rings. The quantitative estimate of drug-likeness (QED) is 0.818. The molecule has 132 valence electrons. The van der Waals surface area contributed by atoms with Gasteiger partial charge in [-0.2, -0.15) is 0 Å². The van der Waals surface area contributed by atoms with Crippen LogP contribution in [0, 0.1) is 6.92 Å². The minimum atomic E-state index is -0.499. The summed E-state index contributed by atoms with van der Waals surface area (Å²) in [5.74, 6) is 0.300. The van der Waals surface area contributed by atoms with Gasteiger partial charge in [-0.15, -0.1) is 0 Å². The smallest absolute Gasteiger partial charge is 0.339 e. The molecule has 0 spiro atoms. The van der Waals surface area contributed by atoms with Crippen molar-refractivity contribution in [2.24, 2.45) is 0 Å². The summed E-state index contributed by atoms with van der Waals surface area (Å²) in [6.07, 6.45) is 0. The van der Waals surface area contributed by atoms with Crippen LogP contribution in [-0.4, -0.2) is 44.2 Å². The molecule has 2 amide bonds. The van der Waals surface area contributed by atoms with E-state index in [2.05, 4.69) is 5.32 Å². The van der Waals surface area contributed by atoms with Crippen molar-refractivity contribution >= 4 is 17.7 Å². The first kappa shape index (κ1) is 18.3. The Balaban J connectivity index is 1.91. The van der Waals surface area contributed by atoms with Crippen LogP contribution in [0.25, 0.3) is 0 Å². The molecule has 0 atom stereocenters. The van der Waals surface area contributed by atoms with Gasteiger partial charge in [0, 0.05) is 7.05 Å². The molecule has 1 N–H and O–H groups in total. The molecule has 0 aromatic heterocycles. The van der Waals surface area contributed by atoms with Crippen molar-refractivity contribution in [2.45, 2.75) is 6.92 Å². The fourth-order valence-corrected chi connectivity index (χ4v) is 2.20. The van der Waals surface area contributed by atoms with Gasteiger partial charge in [0.05, 0.1) is 24.9 Å². The summed E-state index contributed by atoms with van der Waals surface area (Å²) in [6.45, 7) is 2.74. The Kier molecular flexibility index (Phi) is 6.39. The SMILES string of the molecule is COC(=O)c1ccccc1NC(=O)N(C)CCOc1ccccc1C. The van der Waals surface area contributed by atoms with E-state index in [1.165, 1.54) is 12.0 Å². The van der Waals surface area contributed by atoms with Crippen molar-refractivity contribution in [2.75, 3.05) is 32.6 Å². The molecule has 0 saturated heterocycles. The number of aryl methyl sites for hydroxylation is 1. The van der Waals surface area contributed by atoms with Gasteiger partial charge in [0.2, 0.25) is 0 Å². The van der Waals surface area contributed by atoms with Gasteiger partial charge in [0.15, 0.2) is 0 Å². The Bertz CT molecular complexity index is 746. The zero-order chi connectivity index (χ0) is 18.2. The lowest BCUT2D eigenvalue weighted by atomic mass is 10.2. The minimum Gasteiger partial charge on any atom is -0.491 e. The van der Waals surface area contributed by atoms with Crippen LogP contribution in [0.3, 0.4) is 0 Å². The van der Waals surface area contributed by atoms with Gasteiger partial charge in [0.25, 0.3) is 0 Å². The molecule has 0 heterocycles. The van der Waals surface area contributed by atoms with Gasteiger partial charge in [-0.25, -0.2) is 9.59 Å². The highest BCUT2D eigenvalue weighted by atomic mass is 16.5. The number of carbonyl (C=O) groups is 2. The number of rotatable bonds is 6. The standard InChI is InChI=1S/C19H22N2O4/c1-14-8-4-7-11-17(14)25-13-12-21(2)19(23)20-16-10-6-5-9-15(16)18(22)24-3/h4-11H,12-13H2,1-3H3,(H,20,23). The van der Waals surface area contributed by atoms with Crippen LogP contribution >= 0.6 is 0 Å². The predicted molar refractivity (Wildman–Crippen MR) is 96.1 cm³/mol. The van der Waals surface area contributed by atoms with Gasteiger partial charge >= 0.3 is 12.0 Å². The van der Waals surface area contributed by atoms with Gasteiger partial charge in [-0.3, -0.25) is 0 Å². The number of ether oxygens (including phenoxy) is 2. The van der Waals surface area contributed by atoms with Gasteiger partial charge in [0.1, 0.15) is 12.4 Å². The summed E-state index contributed by atoms with van der Waals surface area (Å²) in [5, 5.41) is 2.72. The molecule has 0 saturated carbocycles. The Labute approximate surface area is 147 Å². The number of nitrogens with zero attached hydrogens (tertiary/aromatic N) is 1. The van der Waals surface area contributed by atoms with E-state index in [0.717, 1.165) is 11.3 Å². The summed E-state index contributed by atoms with van der Waals surface area (Å²) in [4.78, 5) is 25.5. The van der Waals surface area contributed by atoms with Crippen molar-refractivity contribution in [3.05, 3.63) is 59.7 Å². The first-order valence-electron chi connectivity index (χ1n) is 7.91. The number of hydrogen-bond acceptors (Lipinski definition) is 4. The molecular formula is C19H22N2O4. The van der Waals surface area contributed by atoms with E-state index in [-0.39, 0.29) is 6.03 Å². The number of benzene rings is 2. The monoisotopic (exact) mass is 342 g/mol. The average Bonchev–Trinajstić information content (AvgIpc) is 2.63. The fraction of sp³-hybridized carbons (Fsp3) is 0.263. The average molecular weight is 342 g/mol. The second kappa shape index (κ2) is 8.73. The van der Waals surface area contributed by atoms with E-state index in [1.54, 1.807) is 31.3 Å². The number of esters is 1. The Hall–Kier alpha value is -3.02. The number of amides is 2. The third-order valence-corrected chi connectivity index (χ3v) is 3.70. The number of anilines is 1. The van der Waals surface area contributed by atoms with E-state index in [4.69, 9.17) is 9.47 Å². The van der Waals surface area contributed by atoms with Crippen molar-refractivity contribution in [1.82, 2.24) is 4.90 Å². The molecule has 0 aliphatic carbocycles. The number of urea groups is 1. The van der Waals surface area contributed by atoms with E-state index in [1.807, 2.05) is 31.2 Å². The minimum absolute atomic E-state index is 0.308. The van der Waals surface area contributed by atoms with E-state index in [9.17, 15) is 9.59 Å². The third-order valence-electron chi connectivity index (χ3n) is 3.70. The number of carbonyl (C=O) groups excluding carboxylic acids is 2. The lowest BCUT2D eigenvalue weighted by Crippen LogP contribution is -2.35. The molecule has 6 nitrogen and oxygen atoms in total. The maximum absolute atomic E-state index is 12.3. The Morgan fingerprint density at radius 1 is 1.08 bits per heavy atom. The van der Waals surface area contributed by atoms with Crippen LogP contribution in [0.4, 0.5) is 10.5 Å². The fourth-order valence-electron chi connectivity index (χ4n) is 2.20. The molecule has 0 fully saturated rings. The number of para-hydroxylation sites is 2. The highest BCUT2D eigenvalue weighted by molar-refractivity contribution is 6.00. The van der Waals surface area contributed by atoms with Gasteiger partial charge in [-0.1, -0.05) is 30.3 Å². The van der Waals surface area contributed by atoms with Crippen LogP contribution in [0.1, 0.15) is 15.9 Å². The second-order valence-corrected chi connectivity index (χ2v) is 5.50. The van der Waals surface area contributed by atoms with Crippen LogP contribution in [0.5, 0.6) is 5.75 Å². The van der Waals surface area contributed by atoms with Crippen molar-refractivity contribution < 1.29 is 19.1 Å². The Morgan fingerprint density at radius 3 is 2.48 bits per heavy atom. The number of hydrogen-bond donors (Lipinski definition) is 1. The first-order valence-corrected chi connectivity index (χ1v) is 7.91. The van der Waals surface area contributed by atoms with Gasteiger partial charge in [-0.05, 0) is 30.7 Å². The van der Waals surface area contributed by atoms with Crippen LogP contribution in [-0.2, 0) is 4.74 Å². The van der Waals surface area contributed by atoms with Crippen molar-refractivity contribution in [1.29, 1.82) is 0 Å². The lowest BCUT2D eigenvalue weighted by molar-refractivity contribution is 0.0602. The summed E-state index contributed by atoms with van der Waals surface area (Å²) >= 11 is 0. The molecule has 0 unspecified atom stereocenters. The zero-order valence-electron chi connectivity index (χ0n) is 14.6. The molecule has 6 heteroatoms. The zero-order valence-corrected chi connectivity index (χ0v) is 14.6. The number of likely N-dealkylation sites (N-methyl/N-ethyl adjacent to an activating group) is 1. The maximum Gasteiger partial charge on any atom is 0.339 e. The molecule has 2 aromatic rings. The van der Waals surface area contributed by atoms with Crippen molar-refractivity contribution in [3.8, 4) is 5.75 Å². The normalized spacial score (nSPS) is 10.0. The van der Waals surface area contributed by atoms with E-state index in [0.29, 0.717) is 24.4 Å². The molecule has 25 heavy (non-hydrogen) atoms. The molecular weight excluding hydrogens is 320 g/mol. The molecule has 2 rings (SSSR count). The lowest BCUT2D eigenvalue weighted by Gasteiger charge is -2.19. The van der Waals surface area contributed by atoms with Crippen LogP contribution in [0.15, 0.2) is 48.5 Å². The second-order valence-electron chi connectivity index (χ2n) is 5.50. The molecule has 0 radical (unpaired) electrons. The topological polar surface area (TPSA) is 67.9 Å². The molecule has 0 aliphatic heterocycles. The summed E-state index contributed by atoms with van der Waals surface area (Å²) in [6, 6.07) is 14.1. The molecule has 2 aromatic carbocycles. The maximum atomic E-state index is 12.3.